The molecule has 0 amide bonds. The van der Waals surface area contributed by atoms with Crippen LogP contribution in [0.2, 0.25) is 0 Å². The second-order valence-electron chi connectivity index (χ2n) is 6.84. The predicted molar refractivity (Wildman–Crippen MR) is 108 cm³/mol. The van der Waals surface area contributed by atoms with Gasteiger partial charge < -0.3 is 20.9 Å². The van der Waals surface area contributed by atoms with Crippen LogP contribution in [0.5, 0.6) is 0 Å². The smallest absolute Gasteiger partial charge is 0.191 e. The van der Waals surface area contributed by atoms with Crippen LogP contribution in [0.1, 0.15) is 20.3 Å². The molecule has 140 valence electrons. The summed E-state index contributed by atoms with van der Waals surface area (Å²) in [5.41, 5.74) is 9.29. The number of nitrogens with zero attached hydrogens (tertiary/aromatic N) is 3. The minimum Gasteiger partial charge on any atom is -0.398 e. The highest BCUT2D eigenvalue weighted by atomic mass is 32.1. The molecule has 0 aliphatic carbocycles. The van der Waals surface area contributed by atoms with Gasteiger partial charge in [0.05, 0.1) is 11.4 Å². The van der Waals surface area contributed by atoms with Gasteiger partial charge in [-0.1, -0.05) is 6.92 Å². The van der Waals surface area contributed by atoms with E-state index in [1.807, 2.05) is 24.7 Å². The molecule has 0 fully saturated rings. The number of halogens is 1. The minimum absolute atomic E-state index is 0.247. The molecule has 2 aromatic rings. The largest absolute Gasteiger partial charge is 0.398 e. The number of hydrogen-bond acceptors (Lipinski definition) is 6. The summed E-state index contributed by atoms with van der Waals surface area (Å²) in [5.74, 6) is 0.787. The fourth-order valence-electron chi connectivity index (χ4n) is 3.43. The summed E-state index contributed by atoms with van der Waals surface area (Å²) in [5, 5.41) is 6.45. The summed E-state index contributed by atoms with van der Waals surface area (Å²) in [4.78, 5) is 9.00. The van der Waals surface area contributed by atoms with Crippen molar-refractivity contribution in [3.8, 4) is 11.3 Å². The number of hydrogen-bond donors (Lipinski definition) is 2. The summed E-state index contributed by atoms with van der Waals surface area (Å²) >= 11 is 1.56. The molecule has 1 atom stereocenters. The van der Waals surface area contributed by atoms with Gasteiger partial charge in [-0.3, -0.25) is 0 Å². The maximum Gasteiger partial charge on any atom is 0.191 e. The molecular weight excluding hydrogens is 361 g/mol. The van der Waals surface area contributed by atoms with Gasteiger partial charge in [-0.15, -0.1) is 11.3 Å². The molecule has 1 aromatic heterocycles. The van der Waals surface area contributed by atoms with E-state index < -0.39 is 0 Å². The third kappa shape index (κ3) is 2.98. The molecule has 27 heavy (non-hydrogen) atoms. The van der Waals surface area contributed by atoms with Gasteiger partial charge in [0.15, 0.2) is 5.13 Å². The minimum atomic E-state index is -0.338. The maximum absolute atomic E-state index is 13.2. The quantitative estimate of drug-likeness (QED) is 0.837. The number of nitrogens with one attached hydrogen (secondary N) is 1. The summed E-state index contributed by atoms with van der Waals surface area (Å²) in [6, 6.07) is 6.40. The van der Waals surface area contributed by atoms with Crippen molar-refractivity contribution in [2.24, 2.45) is 5.73 Å². The zero-order valence-electron chi connectivity index (χ0n) is 15.5. The Morgan fingerprint density at radius 1 is 1.33 bits per heavy atom. The molecule has 1 aromatic carbocycles. The van der Waals surface area contributed by atoms with E-state index >= 15 is 0 Å². The number of aromatic nitrogens is 1. The van der Waals surface area contributed by atoms with Crippen molar-refractivity contribution in [3.05, 3.63) is 71.0 Å². The maximum atomic E-state index is 13.2. The zero-order valence-corrected chi connectivity index (χ0v) is 16.3. The Kier molecular flexibility index (Phi) is 4.19. The summed E-state index contributed by atoms with van der Waals surface area (Å²) < 4.78 is 13.2. The highest BCUT2D eigenvalue weighted by Gasteiger charge is 2.41. The molecule has 0 spiro atoms. The first-order chi connectivity index (χ1) is 12.9. The number of benzene rings is 1. The van der Waals surface area contributed by atoms with Gasteiger partial charge in [-0.2, -0.15) is 0 Å². The topological polar surface area (TPSA) is 57.4 Å². The van der Waals surface area contributed by atoms with Crippen LogP contribution in [0.15, 0.2) is 65.2 Å². The Bertz CT molecular complexity index is 959. The highest BCUT2D eigenvalue weighted by Crippen LogP contribution is 2.38. The lowest BCUT2D eigenvalue weighted by atomic mass is 10.1. The molecule has 7 heteroatoms. The summed E-state index contributed by atoms with van der Waals surface area (Å²) in [6.07, 6.45) is 6.82. The first-order valence-corrected chi connectivity index (χ1v) is 9.71. The number of thiazole rings is 1. The first-order valence-electron chi connectivity index (χ1n) is 8.83. The zero-order chi connectivity index (χ0) is 19.2. The van der Waals surface area contributed by atoms with Crippen LogP contribution in [0.25, 0.3) is 11.3 Å². The third-order valence-electron chi connectivity index (χ3n) is 4.87. The highest BCUT2D eigenvalue weighted by molar-refractivity contribution is 7.14. The van der Waals surface area contributed by atoms with Gasteiger partial charge in [0, 0.05) is 29.9 Å². The molecule has 0 saturated carbocycles. The van der Waals surface area contributed by atoms with Crippen molar-refractivity contribution in [1.29, 1.82) is 0 Å². The average molecular weight is 383 g/mol. The molecule has 5 nitrogen and oxygen atoms in total. The number of rotatable bonds is 4. The van der Waals surface area contributed by atoms with Crippen LogP contribution < -0.4 is 16.0 Å². The van der Waals surface area contributed by atoms with E-state index in [2.05, 4.69) is 35.0 Å². The number of nitrogens with two attached hydrogens (primary N) is 1. The fraction of sp³-hybridized carbons (Fsp3) is 0.250. The molecule has 3 heterocycles. The SMILES string of the molecule is CCC1=C(N(C)c2nc(-c3ccc(F)cc3)cs2)N2C=C(N)C=CC2(C)N1. The molecule has 0 bridgehead atoms. The second kappa shape index (κ2) is 6.42. The standard InChI is InChI=1S/C20H22FN5S/c1-4-16-18(26-11-15(22)9-10-20(26,2)24-16)25(3)19-23-17(12-27-19)13-5-7-14(21)8-6-13/h5-12,24H,4,22H2,1-3H3. The fourth-order valence-corrected chi connectivity index (χ4v) is 4.23. The molecule has 4 rings (SSSR count). The molecule has 2 aliphatic rings. The molecule has 0 radical (unpaired) electrons. The van der Waals surface area contributed by atoms with Crippen LogP contribution in [-0.4, -0.2) is 22.6 Å². The van der Waals surface area contributed by atoms with Gasteiger partial charge in [0.2, 0.25) is 0 Å². The van der Waals surface area contributed by atoms with Gasteiger partial charge in [-0.25, -0.2) is 9.37 Å². The molecular formula is C20H22FN5S. The average Bonchev–Trinajstić information content (AvgIpc) is 3.25. The van der Waals surface area contributed by atoms with Gasteiger partial charge in [0.25, 0.3) is 0 Å². The lowest BCUT2D eigenvalue weighted by Gasteiger charge is -2.37. The number of allylic oxidation sites excluding steroid dienone is 2. The normalized spacial score (nSPS) is 21.2. The lowest BCUT2D eigenvalue weighted by Crippen LogP contribution is -2.49. The first kappa shape index (κ1) is 17.6. The van der Waals surface area contributed by atoms with Gasteiger partial charge in [-0.05, 0) is 49.8 Å². The number of fused-ring (bicyclic) bond motifs is 1. The van der Waals surface area contributed by atoms with E-state index in [9.17, 15) is 4.39 Å². The molecule has 0 saturated heterocycles. The Balaban J connectivity index is 1.68. The van der Waals surface area contributed by atoms with Crippen LogP contribution in [0.3, 0.4) is 0 Å². The molecule has 2 aliphatic heterocycles. The Hall–Kier alpha value is -2.80. The monoisotopic (exact) mass is 383 g/mol. The van der Waals surface area contributed by atoms with Crippen molar-refractivity contribution in [2.45, 2.75) is 25.9 Å². The Morgan fingerprint density at radius 3 is 2.78 bits per heavy atom. The van der Waals surface area contributed by atoms with Crippen molar-refractivity contribution >= 4 is 16.5 Å². The van der Waals surface area contributed by atoms with Crippen LogP contribution in [0.4, 0.5) is 9.52 Å². The van der Waals surface area contributed by atoms with Gasteiger partial charge in [0.1, 0.15) is 17.3 Å². The van der Waals surface area contributed by atoms with E-state index in [0.29, 0.717) is 5.70 Å². The van der Waals surface area contributed by atoms with E-state index in [-0.39, 0.29) is 11.5 Å². The van der Waals surface area contributed by atoms with Crippen molar-refractivity contribution in [1.82, 2.24) is 15.2 Å². The van der Waals surface area contributed by atoms with Crippen molar-refractivity contribution in [2.75, 3.05) is 11.9 Å². The Labute approximate surface area is 162 Å². The van der Waals surface area contributed by atoms with E-state index in [1.165, 1.54) is 12.1 Å². The third-order valence-corrected chi connectivity index (χ3v) is 5.79. The predicted octanol–water partition coefficient (Wildman–Crippen LogP) is 3.96. The van der Waals surface area contributed by atoms with E-state index in [1.54, 1.807) is 23.5 Å². The summed E-state index contributed by atoms with van der Waals surface area (Å²) in [7, 11) is 2.01. The molecule has 1 unspecified atom stereocenters. The Morgan fingerprint density at radius 2 is 2.07 bits per heavy atom. The summed E-state index contributed by atoms with van der Waals surface area (Å²) in [6.45, 7) is 4.25. The van der Waals surface area contributed by atoms with Crippen LogP contribution in [0, 0.1) is 5.82 Å². The van der Waals surface area contributed by atoms with E-state index in [4.69, 9.17) is 10.7 Å². The van der Waals surface area contributed by atoms with Crippen LogP contribution in [-0.2, 0) is 0 Å². The second-order valence-corrected chi connectivity index (χ2v) is 7.68. The number of anilines is 1. The van der Waals surface area contributed by atoms with Crippen molar-refractivity contribution in [3.63, 3.8) is 0 Å². The lowest BCUT2D eigenvalue weighted by molar-refractivity contribution is 0.262. The van der Waals surface area contributed by atoms with Gasteiger partial charge >= 0.3 is 0 Å². The van der Waals surface area contributed by atoms with Crippen LogP contribution >= 0.6 is 11.3 Å². The molecule has 3 N–H and O–H groups in total. The van der Waals surface area contributed by atoms with E-state index in [0.717, 1.165) is 34.3 Å². The van der Waals surface area contributed by atoms with Crippen molar-refractivity contribution < 1.29 is 4.39 Å².